The minimum absolute atomic E-state index is 0.0381. The molecule has 3 aromatic carbocycles. The molecule has 2 N–H and O–H groups in total. The van der Waals surface area contributed by atoms with Crippen LogP contribution in [0.3, 0.4) is 0 Å². The molecule has 0 aromatic heterocycles. The highest BCUT2D eigenvalue weighted by Gasteiger charge is 2.67. The van der Waals surface area contributed by atoms with Crippen molar-refractivity contribution in [2.24, 2.45) is 5.92 Å². The molecule has 17 heteroatoms. The van der Waals surface area contributed by atoms with E-state index in [9.17, 15) is 49.5 Å². The van der Waals surface area contributed by atoms with E-state index in [1.165, 1.54) is 18.2 Å². The number of hydrogen-bond donors (Lipinski definition) is 2. The maximum Gasteiger partial charge on any atom is 0.522 e. The fourth-order valence-corrected chi connectivity index (χ4v) is 5.46. The number of benzene rings is 3. The van der Waals surface area contributed by atoms with Gasteiger partial charge in [-0.2, -0.15) is 13.2 Å². The predicted molar refractivity (Wildman–Crippen MR) is 147 cm³/mol. The van der Waals surface area contributed by atoms with E-state index in [1.807, 2.05) is 0 Å². The van der Waals surface area contributed by atoms with E-state index in [1.54, 1.807) is 0 Å². The third-order valence-electron chi connectivity index (χ3n) is 6.59. The smallest absolute Gasteiger partial charge is 0.326 e. The lowest BCUT2D eigenvalue weighted by Gasteiger charge is -2.13. The number of carbonyl (C=O) groups is 3. The van der Waals surface area contributed by atoms with Gasteiger partial charge in [-0.15, -0.1) is 36.4 Å². The zero-order valence-corrected chi connectivity index (χ0v) is 24.3. The fourth-order valence-electron chi connectivity index (χ4n) is 4.43. The highest BCUT2D eigenvalue weighted by atomic mass is 35.5. The Hall–Kier alpha value is -3.46. The molecule has 1 fully saturated rings. The first-order valence-corrected chi connectivity index (χ1v) is 13.6. The number of halogens is 11. The van der Waals surface area contributed by atoms with Gasteiger partial charge in [0.1, 0.15) is 16.8 Å². The van der Waals surface area contributed by atoms with Crippen LogP contribution in [0, 0.1) is 17.6 Å². The van der Waals surface area contributed by atoms with Gasteiger partial charge in [0, 0.05) is 23.6 Å². The van der Waals surface area contributed by atoms with Crippen molar-refractivity contribution >= 4 is 63.8 Å². The number of ether oxygens (including phenoxy) is 1. The Balaban J connectivity index is 1.48. The maximum atomic E-state index is 15.0. The van der Waals surface area contributed by atoms with Crippen LogP contribution in [0.5, 0.6) is 0 Å². The van der Waals surface area contributed by atoms with Gasteiger partial charge in [0.15, 0.2) is 11.6 Å². The molecule has 6 nitrogen and oxygen atoms in total. The average molecular weight is 704 g/mol. The minimum Gasteiger partial charge on any atom is -0.326 e. The zero-order valence-electron chi connectivity index (χ0n) is 22.1. The van der Waals surface area contributed by atoms with Crippen molar-refractivity contribution < 1.29 is 54.2 Å². The number of carbonyl (C=O) groups excluding carboxylic acids is 3. The lowest BCUT2D eigenvalue weighted by atomic mass is 10.0. The Bertz CT molecular complexity index is 1660. The van der Waals surface area contributed by atoms with Gasteiger partial charge in [-0.25, -0.2) is 8.78 Å². The van der Waals surface area contributed by atoms with Crippen LogP contribution in [0.25, 0.3) is 0 Å². The fraction of sp³-hybridized carbons (Fsp3) is 0.250. The van der Waals surface area contributed by atoms with Gasteiger partial charge in [-0.1, -0.05) is 29.8 Å². The van der Waals surface area contributed by atoms with E-state index in [0.29, 0.717) is 6.07 Å². The van der Waals surface area contributed by atoms with Crippen LogP contribution < -0.4 is 10.6 Å². The van der Waals surface area contributed by atoms with Gasteiger partial charge >= 0.3 is 12.5 Å². The lowest BCUT2D eigenvalue weighted by molar-refractivity contribution is -0.320. The number of rotatable bonds is 9. The summed E-state index contributed by atoms with van der Waals surface area (Å²) in [5.41, 5.74) is -2.84. The number of alkyl halides is 8. The quantitative estimate of drug-likeness (QED) is 0.175. The summed E-state index contributed by atoms with van der Waals surface area (Å²) in [5, 5.41) is 4.36. The van der Waals surface area contributed by atoms with E-state index in [4.69, 9.17) is 34.8 Å². The largest absolute Gasteiger partial charge is 0.522 e. The van der Waals surface area contributed by atoms with E-state index in [0.717, 1.165) is 30.3 Å². The molecule has 45 heavy (non-hydrogen) atoms. The van der Waals surface area contributed by atoms with Crippen molar-refractivity contribution in [3.63, 3.8) is 0 Å². The number of nitrogens with one attached hydrogen (secondary N) is 2. The lowest BCUT2D eigenvalue weighted by Crippen LogP contribution is -2.22. The van der Waals surface area contributed by atoms with Crippen LogP contribution in [0.2, 0.25) is 5.02 Å². The summed E-state index contributed by atoms with van der Waals surface area (Å²) in [7, 11) is 0. The first-order valence-electron chi connectivity index (χ1n) is 12.5. The molecule has 1 saturated carbocycles. The predicted octanol–water partition coefficient (Wildman–Crippen LogP) is 8.06. The summed E-state index contributed by atoms with van der Waals surface area (Å²) >= 11 is 18.6. The van der Waals surface area contributed by atoms with Crippen LogP contribution in [-0.2, 0) is 26.9 Å². The summed E-state index contributed by atoms with van der Waals surface area (Å²) in [6, 6.07) is 9.15. The van der Waals surface area contributed by atoms with Crippen molar-refractivity contribution in [3.05, 3.63) is 93.5 Å². The molecule has 0 unspecified atom stereocenters. The summed E-state index contributed by atoms with van der Waals surface area (Å²) in [4.78, 5) is 37.7. The number of Topliss-reactive ketones (excluding diaryl/α,β-unsaturated/α-hetero) is 1. The molecule has 2 atom stereocenters. The van der Waals surface area contributed by atoms with Gasteiger partial charge < -0.3 is 10.6 Å². The van der Waals surface area contributed by atoms with Crippen molar-refractivity contribution in [3.8, 4) is 0 Å². The Morgan fingerprint density at radius 3 is 2.24 bits per heavy atom. The number of ketones is 1. The van der Waals surface area contributed by atoms with Crippen LogP contribution in [0.15, 0.2) is 54.6 Å². The maximum absolute atomic E-state index is 15.0. The van der Waals surface area contributed by atoms with E-state index < -0.39 is 87.8 Å². The number of anilines is 2. The monoisotopic (exact) mass is 702 g/mol. The Labute approximate surface area is 263 Å². The van der Waals surface area contributed by atoms with Crippen LogP contribution in [-0.4, -0.2) is 34.9 Å². The summed E-state index contributed by atoms with van der Waals surface area (Å²) in [6.07, 6.45) is -10.9. The number of hydrogen-bond acceptors (Lipinski definition) is 4. The third-order valence-corrected chi connectivity index (χ3v) is 7.86. The van der Waals surface area contributed by atoms with Gasteiger partial charge in [0.25, 0.3) is 5.91 Å². The molecule has 240 valence electrons. The van der Waals surface area contributed by atoms with E-state index >= 15 is 0 Å². The molecule has 0 spiro atoms. The Morgan fingerprint density at radius 1 is 0.911 bits per heavy atom. The van der Waals surface area contributed by atoms with E-state index in [-0.39, 0.29) is 21.8 Å². The average Bonchev–Trinajstić information content (AvgIpc) is 3.53. The highest BCUT2D eigenvalue weighted by Crippen LogP contribution is 2.65. The van der Waals surface area contributed by atoms with Crippen LogP contribution in [0.1, 0.15) is 33.0 Å². The first-order chi connectivity index (χ1) is 20.8. The SMILES string of the molecule is O=C(COC(F)(F)F)Cc1c(F)ccc(NC(=O)c2cc(NC(=O)[C@H]3[C@H](c4cccc(C(F)(F)F)c4)C3(Cl)Cl)ccc2Cl)c1F. The standard InChI is InChI=1S/C28H17Cl3F8N2O4/c29-18-5-4-14(40-25(44)22-21(26(22,30)31)12-2-1-3-13(8-12)27(34,35)36)9-16(18)24(43)41-20-7-6-19(32)17(23(20)33)10-15(42)11-45-28(37,38)39/h1-9,21-22H,10-11H2,(H,40,44)(H,41,43)/t21-,22+/m0/s1. The molecule has 0 radical (unpaired) electrons. The molecule has 3 aromatic rings. The van der Waals surface area contributed by atoms with Crippen LogP contribution in [0.4, 0.5) is 46.5 Å². The van der Waals surface area contributed by atoms with Gasteiger partial charge in [0.05, 0.1) is 27.8 Å². The molecule has 0 bridgehead atoms. The molecule has 0 saturated heterocycles. The molecular weight excluding hydrogens is 687 g/mol. The second kappa shape index (κ2) is 12.7. The van der Waals surface area contributed by atoms with Gasteiger partial charge in [0.2, 0.25) is 5.91 Å². The van der Waals surface area contributed by atoms with Gasteiger partial charge in [-0.3, -0.25) is 19.1 Å². The topological polar surface area (TPSA) is 84.5 Å². The molecule has 4 rings (SSSR count). The molecule has 1 aliphatic carbocycles. The summed E-state index contributed by atoms with van der Waals surface area (Å²) < 4.78 is 107. The zero-order chi connectivity index (χ0) is 33.5. The number of amides is 2. The minimum atomic E-state index is -5.14. The van der Waals surface area contributed by atoms with Crippen molar-refractivity contribution in [2.45, 2.75) is 29.2 Å². The normalized spacial score (nSPS) is 17.5. The highest BCUT2D eigenvalue weighted by molar-refractivity contribution is 6.53. The Morgan fingerprint density at radius 2 is 1.60 bits per heavy atom. The van der Waals surface area contributed by atoms with Gasteiger partial charge in [-0.05, 0) is 42.0 Å². The van der Waals surface area contributed by atoms with Crippen molar-refractivity contribution in [1.82, 2.24) is 0 Å². The van der Waals surface area contributed by atoms with Crippen molar-refractivity contribution in [1.29, 1.82) is 0 Å². The molecular formula is C28H17Cl3F8N2O4. The third kappa shape index (κ3) is 8.04. The van der Waals surface area contributed by atoms with Crippen molar-refractivity contribution in [2.75, 3.05) is 17.2 Å². The molecule has 1 aliphatic rings. The van der Waals surface area contributed by atoms with Crippen LogP contribution >= 0.6 is 34.8 Å². The first kappa shape index (κ1) is 34.4. The molecule has 0 heterocycles. The molecule has 0 aliphatic heterocycles. The Kier molecular flexibility index (Phi) is 9.74. The summed E-state index contributed by atoms with van der Waals surface area (Å²) in [6.45, 7) is -1.50. The summed E-state index contributed by atoms with van der Waals surface area (Å²) in [5.74, 6) is -8.08. The second-order valence-corrected chi connectivity index (χ2v) is 11.6. The second-order valence-electron chi connectivity index (χ2n) is 9.73. The molecule has 2 amide bonds. The van der Waals surface area contributed by atoms with E-state index in [2.05, 4.69) is 15.4 Å².